The fourth-order valence-corrected chi connectivity index (χ4v) is 4.01. The molecule has 20 heavy (non-hydrogen) atoms. The van der Waals surface area contributed by atoms with Crippen LogP contribution in [0.3, 0.4) is 0 Å². The van der Waals surface area contributed by atoms with Crippen molar-refractivity contribution < 1.29 is 18.3 Å². The number of benzene rings is 1. The maximum Gasteiger partial charge on any atom is 0.335 e. The van der Waals surface area contributed by atoms with Gasteiger partial charge in [-0.3, -0.25) is 0 Å². The van der Waals surface area contributed by atoms with E-state index >= 15 is 0 Å². The molecule has 1 fully saturated rings. The van der Waals surface area contributed by atoms with Crippen molar-refractivity contribution in [2.75, 3.05) is 13.1 Å². The van der Waals surface area contributed by atoms with E-state index in [4.69, 9.17) is 5.11 Å². The molecule has 0 radical (unpaired) electrons. The topological polar surface area (TPSA) is 74.7 Å². The predicted octanol–water partition coefficient (Wildman–Crippen LogP) is 2.20. The van der Waals surface area contributed by atoms with Crippen LogP contribution in [0.15, 0.2) is 29.2 Å². The zero-order valence-corrected chi connectivity index (χ0v) is 12.3. The first-order valence-electron chi connectivity index (χ1n) is 6.78. The monoisotopic (exact) mass is 297 g/mol. The Morgan fingerprint density at radius 3 is 2.55 bits per heavy atom. The number of piperidine rings is 1. The van der Waals surface area contributed by atoms with Crippen LogP contribution in [-0.2, 0) is 10.0 Å². The molecule has 0 atom stereocenters. The van der Waals surface area contributed by atoms with Crippen LogP contribution in [0.1, 0.15) is 36.5 Å². The molecule has 0 aliphatic carbocycles. The Bertz CT molecular complexity index is 589. The first kappa shape index (κ1) is 15.0. The van der Waals surface area contributed by atoms with Gasteiger partial charge in [0.05, 0.1) is 10.5 Å². The van der Waals surface area contributed by atoms with Crippen molar-refractivity contribution in [1.29, 1.82) is 0 Å². The van der Waals surface area contributed by atoms with Crippen LogP contribution >= 0.6 is 0 Å². The molecular weight excluding hydrogens is 278 g/mol. The van der Waals surface area contributed by atoms with Gasteiger partial charge in [0.2, 0.25) is 10.0 Å². The fourth-order valence-electron chi connectivity index (χ4n) is 2.50. The van der Waals surface area contributed by atoms with E-state index in [0.717, 1.165) is 19.3 Å². The van der Waals surface area contributed by atoms with Crippen LogP contribution in [0.4, 0.5) is 0 Å². The van der Waals surface area contributed by atoms with E-state index in [1.165, 1.54) is 28.6 Å². The molecule has 2 rings (SSSR count). The van der Waals surface area contributed by atoms with Crippen molar-refractivity contribution >= 4 is 16.0 Å². The standard InChI is InChI=1S/C14H19NO4S/c1-2-11-6-8-15(9-7-11)20(18,19)13-5-3-4-12(10-13)14(16)17/h3-5,10-11H,2,6-9H2,1H3,(H,16,17). The van der Waals surface area contributed by atoms with Crippen molar-refractivity contribution in [1.82, 2.24) is 4.31 Å². The van der Waals surface area contributed by atoms with Gasteiger partial charge in [0.1, 0.15) is 0 Å². The smallest absolute Gasteiger partial charge is 0.335 e. The summed E-state index contributed by atoms with van der Waals surface area (Å²) >= 11 is 0. The zero-order valence-electron chi connectivity index (χ0n) is 11.4. The molecule has 1 aliphatic rings. The number of rotatable bonds is 4. The van der Waals surface area contributed by atoms with E-state index in [1.807, 2.05) is 0 Å². The second-order valence-corrected chi connectivity index (χ2v) is 7.03. The number of hydrogen-bond acceptors (Lipinski definition) is 3. The Hall–Kier alpha value is -1.40. The van der Waals surface area contributed by atoms with Gasteiger partial charge in [-0.1, -0.05) is 19.4 Å². The largest absolute Gasteiger partial charge is 0.478 e. The maximum atomic E-state index is 12.5. The van der Waals surface area contributed by atoms with Gasteiger partial charge in [0, 0.05) is 13.1 Å². The molecule has 1 saturated heterocycles. The van der Waals surface area contributed by atoms with E-state index in [9.17, 15) is 13.2 Å². The summed E-state index contributed by atoms with van der Waals surface area (Å²) in [6, 6.07) is 5.54. The number of carboxylic acids is 1. The number of sulfonamides is 1. The van der Waals surface area contributed by atoms with Crippen molar-refractivity contribution in [2.24, 2.45) is 5.92 Å². The Balaban J connectivity index is 2.23. The van der Waals surface area contributed by atoms with Gasteiger partial charge >= 0.3 is 5.97 Å². The molecule has 1 aromatic carbocycles. The SMILES string of the molecule is CCC1CCN(S(=O)(=O)c2cccc(C(=O)O)c2)CC1. The van der Waals surface area contributed by atoms with Crippen molar-refractivity contribution in [3.05, 3.63) is 29.8 Å². The molecule has 1 N–H and O–H groups in total. The lowest BCUT2D eigenvalue weighted by Gasteiger charge is -2.30. The van der Waals surface area contributed by atoms with Crippen LogP contribution in [-0.4, -0.2) is 36.9 Å². The molecule has 110 valence electrons. The summed E-state index contributed by atoms with van der Waals surface area (Å²) in [6.45, 7) is 3.14. The summed E-state index contributed by atoms with van der Waals surface area (Å²) in [5, 5.41) is 8.94. The average molecular weight is 297 g/mol. The molecule has 0 spiro atoms. The minimum atomic E-state index is -3.58. The normalized spacial score (nSPS) is 18.1. The van der Waals surface area contributed by atoms with Crippen LogP contribution in [0.25, 0.3) is 0 Å². The molecule has 1 aromatic rings. The number of nitrogens with zero attached hydrogens (tertiary/aromatic N) is 1. The molecule has 0 saturated carbocycles. The van der Waals surface area contributed by atoms with Crippen molar-refractivity contribution in [3.63, 3.8) is 0 Å². The molecule has 0 bridgehead atoms. The third kappa shape index (κ3) is 3.02. The lowest BCUT2D eigenvalue weighted by atomic mass is 9.96. The van der Waals surface area contributed by atoms with E-state index < -0.39 is 16.0 Å². The summed E-state index contributed by atoms with van der Waals surface area (Å²) in [4.78, 5) is 11.0. The Labute approximate surface area is 119 Å². The van der Waals surface area contributed by atoms with E-state index in [-0.39, 0.29) is 10.5 Å². The second kappa shape index (κ2) is 5.93. The third-order valence-corrected chi connectivity index (χ3v) is 5.76. The van der Waals surface area contributed by atoms with Gasteiger partial charge in [-0.05, 0) is 37.0 Å². The van der Waals surface area contributed by atoms with Crippen LogP contribution < -0.4 is 0 Å². The van der Waals surface area contributed by atoms with Crippen LogP contribution in [0, 0.1) is 5.92 Å². The third-order valence-electron chi connectivity index (χ3n) is 3.87. The highest BCUT2D eigenvalue weighted by molar-refractivity contribution is 7.89. The molecule has 0 unspecified atom stereocenters. The van der Waals surface area contributed by atoms with Crippen LogP contribution in [0.5, 0.6) is 0 Å². The molecule has 0 amide bonds. The minimum absolute atomic E-state index is 0.00507. The van der Waals surface area contributed by atoms with Gasteiger partial charge in [-0.15, -0.1) is 0 Å². The second-order valence-electron chi connectivity index (χ2n) is 5.09. The molecule has 5 nitrogen and oxygen atoms in total. The Morgan fingerprint density at radius 2 is 2.00 bits per heavy atom. The Kier molecular flexibility index (Phi) is 4.45. The zero-order chi connectivity index (χ0) is 14.8. The highest BCUT2D eigenvalue weighted by Gasteiger charge is 2.29. The lowest BCUT2D eigenvalue weighted by molar-refractivity contribution is 0.0696. The summed E-state index contributed by atoms with van der Waals surface area (Å²) in [5.41, 5.74) is -0.00507. The number of carbonyl (C=O) groups is 1. The highest BCUT2D eigenvalue weighted by atomic mass is 32.2. The van der Waals surface area contributed by atoms with E-state index in [1.54, 1.807) is 0 Å². The molecule has 1 aliphatic heterocycles. The molecular formula is C14H19NO4S. The van der Waals surface area contributed by atoms with Gasteiger partial charge in [0.15, 0.2) is 0 Å². The first-order valence-corrected chi connectivity index (χ1v) is 8.22. The fraction of sp³-hybridized carbons (Fsp3) is 0.500. The van der Waals surface area contributed by atoms with Crippen molar-refractivity contribution in [2.45, 2.75) is 31.1 Å². The lowest BCUT2D eigenvalue weighted by Crippen LogP contribution is -2.38. The summed E-state index contributed by atoms with van der Waals surface area (Å²) < 4.78 is 26.4. The van der Waals surface area contributed by atoms with Gasteiger partial charge < -0.3 is 5.11 Å². The predicted molar refractivity (Wildman–Crippen MR) is 75.2 cm³/mol. The van der Waals surface area contributed by atoms with Crippen molar-refractivity contribution in [3.8, 4) is 0 Å². The molecule has 0 aromatic heterocycles. The van der Waals surface area contributed by atoms with Crippen LogP contribution in [0.2, 0.25) is 0 Å². The number of aromatic carboxylic acids is 1. The van der Waals surface area contributed by atoms with E-state index in [0.29, 0.717) is 19.0 Å². The number of hydrogen-bond donors (Lipinski definition) is 1. The van der Waals surface area contributed by atoms with E-state index in [2.05, 4.69) is 6.92 Å². The summed E-state index contributed by atoms with van der Waals surface area (Å²) in [7, 11) is -3.58. The van der Waals surface area contributed by atoms with Gasteiger partial charge in [0.25, 0.3) is 0 Å². The summed E-state index contributed by atoms with van der Waals surface area (Å²) in [5.74, 6) is -0.529. The summed E-state index contributed by atoms with van der Waals surface area (Å²) in [6.07, 6.45) is 2.81. The highest BCUT2D eigenvalue weighted by Crippen LogP contribution is 2.25. The minimum Gasteiger partial charge on any atom is -0.478 e. The maximum absolute atomic E-state index is 12.5. The quantitative estimate of drug-likeness (QED) is 0.924. The number of carboxylic acid groups (broad SMARTS) is 1. The Morgan fingerprint density at radius 1 is 1.35 bits per heavy atom. The first-order chi connectivity index (χ1) is 9.45. The molecule has 1 heterocycles. The van der Waals surface area contributed by atoms with Gasteiger partial charge in [-0.2, -0.15) is 4.31 Å². The average Bonchev–Trinajstić information content (AvgIpc) is 2.47. The van der Waals surface area contributed by atoms with Gasteiger partial charge in [-0.25, -0.2) is 13.2 Å². The molecule has 6 heteroatoms.